The number of rotatable bonds is 4. The van der Waals surface area contributed by atoms with Crippen LogP contribution in [0.3, 0.4) is 0 Å². The van der Waals surface area contributed by atoms with Crippen LogP contribution in [0.2, 0.25) is 5.02 Å². The summed E-state index contributed by atoms with van der Waals surface area (Å²) in [6, 6.07) is 13.2. The molecule has 0 saturated carbocycles. The summed E-state index contributed by atoms with van der Waals surface area (Å²) in [7, 11) is 0. The van der Waals surface area contributed by atoms with Crippen molar-refractivity contribution >= 4 is 11.6 Å². The van der Waals surface area contributed by atoms with Crippen LogP contribution < -0.4 is 15.2 Å². The summed E-state index contributed by atoms with van der Waals surface area (Å²) in [6.45, 7) is 1.12. The molecule has 104 valence electrons. The molecule has 20 heavy (non-hydrogen) atoms. The largest absolute Gasteiger partial charge is 0.493 e. The third kappa shape index (κ3) is 2.74. The zero-order valence-electron chi connectivity index (χ0n) is 11.0. The van der Waals surface area contributed by atoms with Crippen LogP contribution in [0, 0.1) is 0 Å². The monoisotopic (exact) mass is 289 g/mol. The first-order chi connectivity index (χ1) is 9.74. The number of para-hydroxylation sites is 1. The van der Waals surface area contributed by atoms with E-state index in [-0.39, 0.29) is 6.04 Å². The van der Waals surface area contributed by atoms with Gasteiger partial charge in [0.2, 0.25) is 0 Å². The zero-order valence-corrected chi connectivity index (χ0v) is 11.8. The van der Waals surface area contributed by atoms with Crippen molar-refractivity contribution in [3.8, 4) is 11.5 Å². The average Bonchev–Trinajstić information content (AvgIpc) is 2.93. The third-order valence-electron chi connectivity index (χ3n) is 3.37. The van der Waals surface area contributed by atoms with Crippen molar-refractivity contribution in [1.29, 1.82) is 0 Å². The predicted molar refractivity (Wildman–Crippen MR) is 79.5 cm³/mol. The summed E-state index contributed by atoms with van der Waals surface area (Å²) in [5, 5.41) is 0.653. The number of hydrogen-bond donors (Lipinski definition) is 1. The second-order valence-corrected chi connectivity index (χ2v) is 5.25. The van der Waals surface area contributed by atoms with Crippen LogP contribution in [0.1, 0.15) is 17.2 Å². The fraction of sp³-hybridized carbons (Fsp3) is 0.250. The third-order valence-corrected chi connectivity index (χ3v) is 3.61. The van der Waals surface area contributed by atoms with E-state index in [9.17, 15) is 0 Å². The molecule has 1 aliphatic heterocycles. The van der Waals surface area contributed by atoms with Crippen LogP contribution in [-0.2, 0) is 6.42 Å². The molecule has 2 N–H and O–H groups in total. The Morgan fingerprint density at radius 2 is 2.10 bits per heavy atom. The van der Waals surface area contributed by atoms with Crippen LogP contribution in [-0.4, -0.2) is 13.2 Å². The molecule has 1 heterocycles. The van der Waals surface area contributed by atoms with E-state index in [0.29, 0.717) is 11.6 Å². The van der Waals surface area contributed by atoms with Gasteiger partial charge in [-0.1, -0.05) is 35.9 Å². The van der Waals surface area contributed by atoms with Gasteiger partial charge in [-0.2, -0.15) is 0 Å². The maximum atomic E-state index is 6.22. The lowest BCUT2D eigenvalue weighted by Crippen LogP contribution is -2.19. The van der Waals surface area contributed by atoms with Crippen molar-refractivity contribution in [1.82, 2.24) is 0 Å². The van der Waals surface area contributed by atoms with Crippen molar-refractivity contribution < 1.29 is 9.47 Å². The van der Waals surface area contributed by atoms with E-state index in [1.807, 2.05) is 30.3 Å². The highest BCUT2D eigenvalue weighted by Crippen LogP contribution is 2.32. The lowest BCUT2D eigenvalue weighted by atomic mass is 10.0. The number of hydrogen-bond acceptors (Lipinski definition) is 3. The Bertz CT molecular complexity index is 615. The molecular formula is C16H16ClNO2. The summed E-state index contributed by atoms with van der Waals surface area (Å²) in [4.78, 5) is 0. The smallest absolute Gasteiger partial charge is 0.127 e. The minimum atomic E-state index is -0.220. The minimum absolute atomic E-state index is 0.220. The van der Waals surface area contributed by atoms with Crippen molar-refractivity contribution in [2.24, 2.45) is 5.73 Å². The molecule has 0 aromatic heterocycles. The second kappa shape index (κ2) is 5.73. The summed E-state index contributed by atoms with van der Waals surface area (Å²) in [5.41, 5.74) is 8.44. The van der Waals surface area contributed by atoms with Gasteiger partial charge in [-0.3, -0.25) is 0 Å². The number of benzene rings is 2. The summed E-state index contributed by atoms with van der Waals surface area (Å²) < 4.78 is 11.4. The molecule has 3 nitrogen and oxygen atoms in total. The molecule has 0 bridgehead atoms. The summed E-state index contributed by atoms with van der Waals surface area (Å²) in [6.07, 6.45) is 0.949. The van der Waals surface area contributed by atoms with E-state index in [1.165, 1.54) is 5.56 Å². The van der Waals surface area contributed by atoms with Gasteiger partial charge in [0.1, 0.15) is 18.1 Å². The Balaban J connectivity index is 1.71. The Kier molecular flexibility index (Phi) is 3.81. The first-order valence-electron chi connectivity index (χ1n) is 6.62. The van der Waals surface area contributed by atoms with Crippen molar-refractivity contribution in [3.63, 3.8) is 0 Å². The Labute approximate surface area is 123 Å². The van der Waals surface area contributed by atoms with E-state index in [4.69, 9.17) is 26.8 Å². The molecule has 0 fully saturated rings. The van der Waals surface area contributed by atoms with Crippen LogP contribution in [0.5, 0.6) is 11.5 Å². The van der Waals surface area contributed by atoms with Crippen molar-refractivity contribution in [3.05, 3.63) is 58.6 Å². The van der Waals surface area contributed by atoms with Gasteiger partial charge in [-0.15, -0.1) is 0 Å². The fourth-order valence-electron chi connectivity index (χ4n) is 2.37. The van der Waals surface area contributed by atoms with Gasteiger partial charge in [0.15, 0.2) is 0 Å². The summed E-state index contributed by atoms with van der Waals surface area (Å²) in [5.74, 6) is 1.65. The number of nitrogens with two attached hydrogens (primary N) is 1. The highest BCUT2D eigenvalue weighted by atomic mass is 35.5. The van der Waals surface area contributed by atoms with Crippen LogP contribution >= 0.6 is 11.6 Å². The lowest BCUT2D eigenvalue weighted by Gasteiger charge is -2.16. The van der Waals surface area contributed by atoms with Crippen LogP contribution in [0.4, 0.5) is 0 Å². The lowest BCUT2D eigenvalue weighted by molar-refractivity contribution is 0.284. The highest BCUT2D eigenvalue weighted by Gasteiger charge is 2.20. The van der Waals surface area contributed by atoms with Gasteiger partial charge in [0.25, 0.3) is 0 Å². The van der Waals surface area contributed by atoms with Gasteiger partial charge in [-0.05, 0) is 23.8 Å². The second-order valence-electron chi connectivity index (χ2n) is 4.81. The number of fused-ring (bicyclic) bond motifs is 1. The van der Waals surface area contributed by atoms with E-state index in [2.05, 4.69) is 6.07 Å². The normalized spacial score (nSPS) is 14.5. The fourth-order valence-corrected chi connectivity index (χ4v) is 2.55. The maximum absolute atomic E-state index is 6.22. The molecule has 4 heteroatoms. The number of ether oxygens (including phenoxy) is 2. The van der Waals surface area contributed by atoms with Crippen LogP contribution in [0.25, 0.3) is 0 Å². The predicted octanol–water partition coefficient (Wildman–Crippen LogP) is 3.35. The molecule has 0 radical (unpaired) electrons. The number of halogens is 1. The van der Waals surface area contributed by atoms with E-state index in [0.717, 1.165) is 30.1 Å². The van der Waals surface area contributed by atoms with E-state index >= 15 is 0 Å². The molecule has 1 unspecified atom stereocenters. The average molecular weight is 290 g/mol. The first-order valence-corrected chi connectivity index (χ1v) is 7.00. The Hall–Kier alpha value is -1.71. The molecule has 1 aliphatic rings. The van der Waals surface area contributed by atoms with Crippen LogP contribution in [0.15, 0.2) is 42.5 Å². The van der Waals surface area contributed by atoms with Gasteiger partial charge in [0.05, 0.1) is 12.6 Å². The topological polar surface area (TPSA) is 44.5 Å². The SMILES string of the molecule is NC(COc1cccc(Cl)c1)c1cccc2c1OCC2. The molecule has 0 aliphatic carbocycles. The summed E-state index contributed by atoms with van der Waals surface area (Å²) >= 11 is 5.92. The molecule has 0 spiro atoms. The Morgan fingerprint density at radius 3 is 2.95 bits per heavy atom. The molecule has 0 amide bonds. The first kappa shape index (κ1) is 13.3. The van der Waals surface area contributed by atoms with Crippen molar-refractivity contribution in [2.45, 2.75) is 12.5 Å². The van der Waals surface area contributed by atoms with Gasteiger partial charge in [-0.25, -0.2) is 0 Å². The molecule has 1 atom stereocenters. The quantitative estimate of drug-likeness (QED) is 0.939. The molecule has 2 aromatic carbocycles. The maximum Gasteiger partial charge on any atom is 0.127 e. The highest BCUT2D eigenvalue weighted by molar-refractivity contribution is 6.30. The molecule has 2 aromatic rings. The van der Waals surface area contributed by atoms with Gasteiger partial charge >= 0.3 is 0 Å². The van der Waals surface area contributed by atoms with Crippen molar-refractivity contribution in [2.75, 3.05) is 13.2 Å². The molecular weight excluding hydrogens is 274 g/mol. The molecule has 3 rings (SSSR count). The minimum Gasteiger partial charge on any atom is -0.493 e. The molecule has 0 saturated heterocycles. The van der Waals surface area contributed by atoms with E-state index < -0.39 is 0 Å². The zero-order chi connectivity index (χ0) is 13.9. The van der Waals surface area contributed by atoms with E-state index in [1.54, 1.807) is 6.07 Å². The van der Waals surface area contributed by atoms with Gasteiger partial charge in [0, 0.05) is 17.0 Å². The van der Waals surface area contributed by atoms with Gasteiger partial charge < -0.3 is 15.2 Å². The Morgan fingerprint density at radius 1 is 1.25 bits per heavy atom. The standard InChI is InChI=1S/C16H16ClNO2/c17-12-4-2-5-13(9-12)20-10-15(18)14-6-1-3-11-7-8-19-16(11)14/h1-6,9,15H,7-8,10,18H2.